The van der Waals surface area contributed by atoms with Crippen LogP contribution in [0, 0.1) is 5.82 Å². The van der Waals surface area contributed by atoms with Gasteiger partial charge in [0.15, 0.2) is 0 Å². The summed E-state index contributed by atoms with van der Waals surface area (Å²) in [6.07, 6.45) is 2.95. The van der Waals surface area contributed by atoms with Crippen LogP contribution in [0.1, 0.15) is 19.4 Å². The molecule has 18 heavy (non-hydrogen) atoms. The first-order chi connectivity index (χ1) is 8.48. The highest BCUT2D eigenvalue weighted by Gasteiger charge is 2.32. The molecule has 1 aliphatic rings. The minimum absolute atomic E-state index is 0.0373. The summed E-state index contributed by atoms with van der Waals surface area (Å²) in [6.45, 7) is 6.85. The second-order valence-corrected chi connectivity index (χ2v) is 5.42. The molecule has 5 heteroatoms. The van der Waals surface area contributed by atoms with Crippen molar-refractivity contribution in [3.63, 3.8) is 0 Å². The topological polar surface area (TPSA) is 51.4 Å². The van der Waals surface area contributed by atoms with E-state index in [0.29, 0.717) is 13.1 Å². The number of aromatic nitrogens is 1. The Morgan fingerprint density at radius 3 is 3.00 bits per heavy atom. The van der Waals surface area contributed by atoms with Crippen molar-refractivity contribution < 1.29 is 9.13 Å². The molecule has 1 atom stereocenters. The number of hydrogen-bond donors (Lipinski definition) is 1. The van der Waals surface area contributed by atoms with Gasteiger partial charge in [0, 0.05) is 32.4 Å². The molecule has 1 aromatic heterocycles. The summed E-state index contributed by atoms with van der Waals surface area (Å²) in [6, 6.07) is 1.52. The van der Waals surface area contributed by atoms with Crippen molar-refractivity contribution in [2.45, 2.75) is 32.1 Å². The molecule has 1 aromatic rings. The van der Waals surface area contributed by atoms with Crippen LogP contribution in [-0.2, 0) is 11.3 Å². The van der Waals surface area contributed by atoms with Gasteiger partial charge < -0.3 is 10.5 Å². The number of ether oxygens (including phenoxy) is 1. The molecule has 2 N–H and O–H groups in total. The lowest BCUT2D eigenvalue weighted by Crippen LogP contribution is -2.54. The lowest BCUT2D eigenvalue weighted by molar-refractivity contribution is -0.133. The Morgan fingerprint density at radius 1 is 1.56 bits per heavy atom. The number of hydrogen-bond acceptors (Lipinski definition) is 4. The monoisotopic (exact) mass is 253 g/mol. The van der Waals surface area contributed by atoms with Gasteiger partial charge in [0.25, 0.3) is 0 Å². The Labute approximate surface area is 107 Å². The van der Waals surface area contributed by atoms with Gasteiger partial charge >= 0.3 is 0 Å². The molecule has 2 rings (SSSR count). The molecule has 100 valence electrons. The normalized spacial score (nSPS) is 24.1. The van der Waals surface area contributed by atoms with E-state index in [1.807, 2.05) is 13.8 Å². The van der Waals surface area contributed by atoms with Gasteiger partial charge in [-0.05, 0) is 25.5 Å². The number of halogens is 1. The number of pyridine rings is 1. The van der Waals surface area contributed by atoms with E-state index in [1.54, 1.807) is 6.20 Å². The van der Waals surface area contributed by atoms with Crippen molar-refractivity contribution in [3.05, 3.63) is 29.8 Å². The van der Waals surface area contributed by atoms with Crippen molar-refractivity contribution in [1.82, 2.24) is 9.88 Å². The summed E-state index contributed by atoms with van der Waals surface area (Å²) in [4.78, 5) is 6.10. The van der Waals surface area contributed by atoms with Crippen LogP contribution in [0.3, 0.4) is 0 Å². The van der Waals surface area contributed by atoms with Gasteiger partial charge in [-0.2, -0.15) is 0 Å². The Kier molecular flexibility index (Phi) is 3.94. The average molecular weight is 253 g/mol. The highest BCUT2D eigenvalue weighted by molar-refractivity contribution is 5.10. The van der Waals surface area contributed by atoms with E-state index >= 15 is 0 Å². The van der Waals surface area contributed by atoms with Gasteiger partial charge in [0.05, 0.1) is 17.9 Å². The highest BCUT2D eigenvalue weighted by Crippen LogP contribution is 2.22. The minimum atomic E-state index is -0.296. The Balaban J connectivity index is 2.04. The Morgan fingerprint density at radius 2 is 2.33 bits per heavy atom. The van der Waals surface area contributed by atoms with Crippen LogP contribution in [0.2, 0.25) is 0 Å². The van der Waals surface area contributed by atoms with Gasteiger partial charge in [-0.15, -0.1) is 0 Å². The Bertz CT molecular complexity index is 411. The zero-order valence-electron chi connectivity index (χ0n) is 10.9. The van der Waals surface area contributed by atoms with E-state index in [4.69, 9.17) is 10.5 Å². The largest absolute Gasteiger partial charge is 0.368 e. The predicted molar refractivity (Wildman–Crippen MR) is 67.5 cm³/mol. The van der Waals surface area contributed by atoms with E-state index in [0.717, 1.165) is 18.7 Å². The third-order valence-corrected chi connectivity index (χ3v) is 2.98. The fourth-order valence-electron chi connectivity index (χ4n) is 2.46. The van der Waals surface area contributed by atoms with Crippen molar-refractivity contribution in [2.75, 3.05) is 19.6 Å². The van der Waals surface area contributed by atoms with Crippen LogP contribution in [0.4, 0.5) is 4.39 Å². The molecular formula is C13H20FN3O. The van der Waals surface area contributed by atoms with Gasteiger partial charge in [-0.25, -0.2) is 4.39 Å². The van der Waals surface area contributed by atoms with E-state index in [2.05, 4.69) is 9.88 Å². The molecule has 0 saturated carbocycles. The molecule has 0 amide bonds. The van der Waals surface area contributed by atoms with E-state index in [-0.39, 0.29) is 17.5 Å². The van der Waals surface area contributed by atoms with Gasteiger partial charge in [0.2, 0.25) is 0 Å². The molecule has 0 aromatic carbocycles. The Hall–Kier alpha value is -1.04. The zero-order valence-corrected chi connectivity index (χ0v) is 10.9. The number of nitrogens with two attached hydrogens (primary N) is 1. The van der Waals surface area contributed by atoms with E-state index in [1.165, 1.54) is 12.3 Å². The van der Waals surface area contributed by atoms with Crippen molar-refractivity contribution in [3.8, 4) is 0 Å². The van der Waals surface area contributed by atoms with Crippen LogP contribution in [0.15, 0.2) is 18.5 Å². The molecular weight excluding hydrogens is 233 g/mol. The SMILES string of the molecule is CC1(C)CN(Cc2cncc(F)c2)CC(CN)O1. The van der Waals surface area contributed by atoms with Crippen molar-refractivity contribution >= 4 is 0 Å². The highest BCUT2D eigenvalue weighted by atomic mass is 19.1. The quantitative estimate of drug-likeness (QED) is 0.878. The van der Waals surface area contributed by atoms with Crippen LogP contribution < -0.4 is 5.73 Å². The first kappa shape index (κ1) is 13.4. The summed E-state index contributed by atoms with van der Waals surface area (Å²) in [5, 5.41) is 0. The summed E-state index contributed by atoms with van der Waals surface area (Å²) < 4.78 is 18.9. The lowest BCUT2D eigenvalue weighted by atomic mass is 10.0. The number of morpholine rings is 1. The third-order valence-electron chi connectivity index (χ3n) is 2.98. The van der Waals surface area contributed by atoms with Gasteiger partial charge in [-0.1, -0.05) is 0 Å². The fourth-order valence-corrected chi connectivity index (χ4v) is 2.46. The standard InChI is InChI=1S/C13H20FN3O/c1-13(2)9-17(8-12(4-15)18-13)7-10-3-11(14)6-16-5-10/h3,5-6,12H,4,7-9,15H2,1-2H3. The molecule has 0 spiro atoms. The van der Waals surface area contributed by atoms with Crippen molar-refractivity contribution in [2.24, 2.45) is 5.73 Å². The maximum Gasteiger partial charge on any atom is 0.141 e. The first-order valence-corrected chi connectivity index (χ1v) is 6.18. The molecule has 1 unspecified atom stereocenters. The molecule has 1 saturated heterocycles. The summed E-state index contributed by atoms with van der Waals surface area (Å²) >= 11 is 0. The molecule has 0 radical (unpaired) electrons. The van der Waals surface area contributed by atoms with E-state index < -0.39 is 0 Å². The molecule has 1 aliphatic heterocycles. The predicted octanol–water partition coefficient (Wildman–Crippen LogP) is 1.16. The third kappa shape index (κ3) is 3.48. The van der Waals surface area contributed by atoms with Crippen LogP contribution in [0.5, 0.6) is 0 Å². The first-order valence-electron chi connectivity index (χ1n) is 6.18. The lowest BCUT2D eigenvalue weighted by Gasteiger charge is -2.42. The molecule has 4 nitrogen and oxygen atoms in total. The second kappa shape index (κ2) is 5.30. The minimum Gasteiger partial charge on any atom is -0.368 e. The maximum atomic E-state index is 13.1. The van der Waals surface area contributed by atoms with Gasteiger partial charge in [-0.3, -0.25) is 9.88 Å². The maximum absolute atomic E-state index is 13.1. The van der Waals surface area contributed by atoms with Crippen LogP contribution in [0.25, 0.3) is 0 Å². The zero-order chi connectivity index (χ0) is 13.2. The van der Waals surface area contributed by atoms with Crippen LogP contribution in [-0.4, -0.2) is 41.2 Å². The van der Waals surface area contributed by atoms with Gasteiger partial charge in [0.1, 0.15) is 5.82 Å². The second-order valence-electron chi connectivity index (χ2n) is 5.42. The summed E-state index contributed by atoms with van der Waals surface area (Å²) in [5.41, 5.74) is 6.34. The number of rotatable bonds is 3. The molecule has 2 heterocycles. The molecule has 0 bridgehead atoms. The van der Waals surface area contributed by atoms with Crippen LogP contribution >= 0.6 is 0 Å². The number of nitrogens with zero attached hydrogens (tertiary/aromatic N) is 2. The van der Waals surface area contributed by atoms with Crippen molar-refractivity contribution in [1.29, 1.82) is 0 Å². The fraction of sp³-hybridized carbons (Fsp3) is 0.615. The molecule has 1 fully saturated rings. The van der Waals surface area contributed by atoms with E-state index in [9.17, 15) is 4.39 Å². The average Bonchev–Trinajstić information content (AvgIpc) is 2.26. The smallest absolute Gasteiger partial charge is 0.141 e. The molecule has 0 aliphatic carbocycles. The summed E-state index contributed by atoms with van der Waals surface area (Å²) in [5.74, 6) is -0.296. The summed E-state index contributed by atoms with van der Waals surface area (Å²) in [7, 11) is 0.